The first-order valence-electron chi connectivity index (χ1n) is 10.5. The van der Waals surface area contributed by atoms with Gasteiger partial charge in [-0.2, -0.15) is 0 Å². The molecule has 162 valence electrons. The first-order valence-corrected chi connectivity index (χ1v) is 10.5. The number of nitrogens with zero attached hydrogens (tertiary/aromatic N) is 2. The maximum absolute atomic E-state index is 15.7. The van der Waals surface area contributed by atoms with E-state index in [0.29, 0.717) is 47.1 Å². The van der Waals surface area contributed by atoms with Crippen LogP contribution in [0.3, 0.4) is 0 Å². The maximum atomic E-state index is 15.7. The number of nitrogens with two attached hydrogens (primary N) is 1. The molecule has 0 bridgehead atoms. The minimum Gasteiger partial charge on any atom is -0.477 e. The van der Waals surface area contributed by atoms with Crippen LogP contribution < -0.4 is 20.9 Å². The number of anilines is 1. The van der Waals surface area contributed by atoms with Crippen LogP contribution in [0, 0.1) is 17.7 Å². The normalized spacial score (nSPS) is 23.1. The monoisotopic (exact) mass is 433 g/mol. The van der Waals surface area contributed by atoms with E-state index in [1.54, 1.807) is 12.1 Å². The Labute approximate surface area is 182 Å². The van der Waals surface area contributed by atoms with Crippen LogP contribution >= 0.6 is 0 Å². The van der Waals surface area contributed by atoms with Crippen LogP contribution in [-0.4, -0.2) is 34.6 Å². The predicted octanol–water partition coefficient (Wildman–Crippen LogP) is 3.25. The van der Waals surface area contributed by atoms with E-state index >= 15 is 4.39 Å². The summed E-state index contributed by atoms with van der Waals surface area (Å²) in [6, 6.07) is 8.34. The van der Waals surface area contributed by atoms with E-state index in [-0.39, 0.29) is 17.7 Å². The lowest BCUT2D eigenvalue weighted by Gasteiger charge is -2.29. The van der Waals surface area contributed by atoms with Gasteiger partial charge in [-0.3, -0.25) is 9.20 Å². The molecule has 8 heteroatoms. The minimum atomic E-state index is -1.39. The summed E-state index contributed by atoms with van der Waals surface area (Å²) in [6.45, 7) is 1.25. The van der Waals surface area contributed by atoms with E-state index in [9.17, 15) is 14.7 Å². The molecular weight excluding hydrogens is 413 g/mol. The average Bonchev–Trinajstić information content (AvgIpc) is 3.20. The fourth-order valence-corrected chi connectivity index (χ4v) is 5.38. The van der Waals surface area contributed by atoms with Gasteiger partial charge >= 0.3 is 5.97 Å². The number of benzene rings is 1. The number of aromatic nitrogens is 1. The van der Waals surface area contributed by atoms with Gasteiger partial charge in [0.15, 0.2) is 11.6 Å². The lowest BCUT2D eigenvalue weighted by Crippen LogP contribution is -2.35. The Morgan fingerprint density at radius 3 is 2.81 bits per heavy atom. The third-order valence-electron chi connectivity index (χ3n) is 6.85. The number of rotatable bonds is 2. The van der Waals surface area contributed by atoms with Crippen molar-refractivity contribution < 1.29 is 19.0 Å². The van der Waals surface area contributed by atoms with Crippen molar-refractivity contribution in [2.45, 2.75) is 12.5 Å². The van der Waals surface area contributed by atoms with Gasteiger partial charge in [-0.25, -0.2) is 9.18 Å². The molecule has 1 aromatic carbocycles. The molecule has 0 saturated carbocycles. The first kappa shape index (κ1) is 19.1. The highest BCUT2D eigenvalue weighted by Crippen LogP contribution is 2.50. The third-order valence-corrected chi connectivity index (χ3v) is 6.85. The number of para-hydroxylation sites is 1. The van der Waals surface area contributed by atoms with Crippen LogP contribution in [0.5, 0.6) is 11.5 Å². The molecule has 3 N–H and O–H groups in total. The fourth-order valence-electron chi connectivity index (χ4n) is 5.38. The molecule has 2 aromatic heterocycles. The molecule has 0 radical (unpaired) electrons. The number of fused-ring (bicyclic) bond motifs is 3. The van der Waals surface area contributed by atoms with Crippen LogP contribution in [-0.2, 0) is 0 Å². The van der Waals surface area contributed by atoms with Gasteiger partial charge in [0.05, 0.1) is 11.9 Å². The van der Waals surface area contributed by atoms with Crippen molar-refractivity contribution in [3.8, 4) is 22.6 Å². The van der Waals surface area contributed by atoms with Crippen LogP contribution in [0.2, 0.25) is 0 Å². The zero-order valence-electron chi connectivity index (χ0n) is 17.0. The highest BCUT2D eigenvalue weighted by molar-refractivity contribution is 6.00. The van der Waals surface area contributed by atoms with Crippen LogP contribution in [0.15, 0.2) is 53.5 Å². The van der Waals surface area contributed by atoms with Gasteiger partial charge in [0.1, 0.15) is 16.8 Å². The number of carbonyl (C=O) groups is 1. The van der Waals surface area contributed by atoms with Crippen LogP contribution in [0.1, 0.15) is 16.8 Å². The molecule has 6 rings (SSSR count). The lowest BCUT2D eigenvalue weighted by molar-refractivity contribution is 0.0694. The molecule has 3 unspecified atom stereocenters. The summed E-state index contributed by atoms with van der Waals surface area (Å²) >= 11 is 0. The Kier molecular flexibility index (Phi) is 3.98. The van der Waals surface area contributed by atoms with Gasteiger partial charge in [-0.1, -0.05) is 30.4 Å². The van der Waals surface area contributed by atoms with Crippen molar-refractivity contribution in [3.05, 3.63) is 70.4 Å². The number of halogens is 1. The minimum absolute atomic E-state index is 0.0782. The molecular formula is C24H20FN3O4. The van der Waals surface area contributed by atoms with Gasteiger partial charge in [0.2, 0.25) is 0 Å². The number of hydrogen-bond acceptors (Lipinski definition) is 5. The molecule has 1 aliphatic carbocycles. The summed E-state index contributed by atoms with van der Waals surface area (Å²) in [7, 11) is 0. The Balaban J connectivity index is 1.65. The number of aromatic carboxylic acids is 1. The Morgan fingerprint density at radius 2 is 2.03 bits per heavy atom. The molecule has 3 atom stereocenters. The summed E-state index contributed by atoms with van der Waals surface area (Å²) in [4.78, 5) is 26.5. The number of carboxylic acids is 1. The van der Waals surface area contributed by atoms with E-state index in [4.69, 9.17) is 10.5 Å². The van der Waals surface area contributed by atoms with E-state index in [0.717, 1.165) is 17.0 Å². The predicted molar refractivity (Wildman–Crippen MR) is 117 cm³/mol. The molecule has 7 nitrogen and oxygen atoms in total. The van der Waals surface area contributed by atoms with Crippen molar-refractivity contribution in [1.82, 2.24) is 4.40 Å². The Hall–Kier alpha value is -3.65. The van der Waals surface area contributed by atoms with Crippen molar-refractivity contribution in [1.29, 1.82) is 0 Å². The largest absolute Gasteiger partial charge is 0.477 e. The molecule has 4 heterocycles. The van der Waals surface area contributed by atoms with Crippen molar-refractivity contribution in [2.75, 3.05) is 18.0 Å². The molecule has 1 fully saturated rings. The van der Waals surface area contributed by atoms with Crippen LogP contribution in [0.4, 0.5) is 10.1 Å². The smallest absolute Gasteiger partial charge is 0.341 e. The number of hydrogen-bond donors (Lipinski definition) is 2. The Bertz CT molecular complexity index is 1400. The summed E-state index contributed by atoms with van der Waals surface area (Å²) in [5.74, 6) is -0.734. The van der Waals surface area contributed by atoms with Crippen LogP contribution in [0.25, 0.3) is 16.6 Å². The molecule has 1 saturated heterocycles. The van der Waals surface area contributed by atoms with Crippen molar-refractivity contribution in [3.63, 3.8) is 0 Å². The number of pyridine rings is 2. The van der Waals surface area contributed by atoms with E-state index in [1.165, 1.54) is 6.07 Å². The summed E-state index contributed by atoms with van der Waals surface area (Å²) in [5, 5.41) is 9.48. The SMILES string of the molecule is NC1C=CCC2CN(c3c(F)cn4c(=O)c(C(=O)O)cc5c4c3-c3ccccc3O5)CC12. The highest BCUT2D eigenvalue weighted by atomic mass is 19.1. The van der Waals surface area contributed by atoms with Gasteiger partial charge in [-0.15, -0.1) is 0 Å². The molecule has 2 aliphatic heterocycles. The standard InChI is InChI=1S/C24H20FN3O4/c25-16-11-28-22-19(8-14(23(28)29)24(30)31)32-18-7-2-1-5-13(18)20(22)21(16)27-9-12-4-3-6-17(26)15(12)10-27/h1-3,5-8,11-12,15,17H,4,9-10,26H2,(H,30,31). The number of allylic oxidation sites excluding steroid dienone is 1. The Morgan fingerprint density at radius 1 is 1.22 bits per heavy atom. The molecule has 0 amide bonds. The van der Waals surface area contributed by atoms with Gasteiger partial charge in [0, 0.05) is 36.3 Å². The highest BCUT2D eigenvalue weighted by Gasteiger charge is 2.40. The number of ether oxygens (including phenoxy) is 1. The molecule has 32 heavy (non-hydrogen) atoms. The van der Waals surface area contributed by atoms with Crippen molar-refractivity contribution >= 4 is 17.2 Å². The quantitative estimate of drug-likeness (QED) is 0.471. The van der Waals surface area contributed by atoms with Gasteiger partial charge in [-0.05, 0) is 24.3 Å². The second kappa shape index (κ2) is 6.67. The topological polar surface area (TPSA) is 97.3 Å². The average molecular weight is 433 g/mol. The summed E-state index contributed by atoms with van der Waals surface area (Å²) < 4.78 is 22.7. The van der Waals surface area contributed by atoms with E-state index in [2.05, 4.69) is 6.08 Å². The maximum Gasteiger partial charge on any atom is 0.341 e. The fraction of sp³-hybridized carbons (Fsp3) is 0.250. The molecule has 3 aromatic rings. The molecule has 0 spiro atoms. The first-order chi connectivity index (χ1) is 15.4. The van der Waals surface area contributed by atoms with E-state index < -0.39 is 22.9 Å². The zero-order chi connectivity index (χ0) is 22.1. The van der Waals surface area contributed by atoms with E-state index in [1.807, 2.05) is 23.1 Å². The second-order valence-electron chi connectivity index (χ2n) is 8.62. The van der Waals surface area contributed by atoms with Gasteiger partial charge in [0.25, 0.3) is 5.56 Å². The van der Waals surface area contributed by atoms with Crippen molar-refractivity contribution in [2.24, 2.45) is 17.6 Å². The second-order valence-corrected chi connectivity index (χ2v) is 8.62. The van der Waals surface area contributed by atoms with Gasteiger partial charge < -0.3 is 20.5 Å². The summed E-state index contributed by atoms with van der Waals surface area (Å²) in [6.07, 6.45) is 6.07. The number of carboxylic acid groups (broad SMARTS) is 1. The third kappa shape index (κ3) is 2.56. The molecule has 3 aliphatic rings. The summed E-state index contributed by atoms with van der Waals surface area (Å²) in [5.41, 5.74) is 7.00. The lowest BCUT2D eigenvalue weighted by atomic mass is 9.83. The zero-order valence-corrected chi connectivity index (χ0v) is 17.0.